The van der Waals surface area contributed by atoms with E-state index in [2.05, 4.69) is 5.16 Å². The lowest BCUT2D eigenvalue weighted by molar-refractivity contribution is -0.138. The number of halogens is 3. The fourth-order valence-corrected chi connectivity index (χ4v) is 4.23. The second-order valence-electron chi connectivity index (χ2n) is 7.80. The van der Waals surface area contributed by atoms with Gasteiger partial charge in [-0.05, 0) is 48.6 Å². The zero-order valence-corrected chi connectivity index (χ0v) is 16.9. The van der Waals surface area contributed by atoms with Crippen LogP contribution in [0.2, 0.25) is 0 Å². The van der Waals surface area contributed by atoms with Gasteiger partial charge in [-0.2, -0.15) is 13.2 Å². The number of hydrogen-bond acceptors (Lipinski definition) is 5. The van der Waals surface area contributed by atoms with Gasteiger partial charge in [0.2, 0.25) is 6.79 Å². The first-order valence-electron chi connectivity index (χ1n) is 10.2. The van der Waals surface area contributed by atoms with Crippen molar-refractivity contribution in [3.8, 4) is 22.8 Å². The topological polar surface area (TPSA) is 64.8 Å². The van der Waals surface area contributed by atoms with E-state index < -0.39 is 11.7 Å². The predicted octanol–water partition coefficient (Wildman–Crippen LogP) is 5.11. The van der Waals surface area contributed by atoms with Gasteiger partial charge in [0.1, 0.15) is 0 Å². The number of aromatic nitrogens is 1. The van der Waals surface area contributed by atoms with Gasteiger partial charge >= 0.3 is 6.18 Å². The molecule has 0 N–H and O–H groups in total. The molecule has 2 aliphatic rings. The summed E-state index contributed by atoms with van der Waals surface area (Å²) in [7, 11) is 0. The number of hydrogen-bond donors (Lipinski definition) is 0. The zero-order valence-electron chi connectivity index (χ0n) is 16.9. The van der Waals surface area contributed by atoms with Crippen LogP contribution in [-0.2, 0) is 6.18 Å². The Morgan fingerprint density at radius 1 is 1.00 bits per heavy atom. The molecule has 5 rings (SSSR count). The van der Waals surface area contributed by atoms with Crippen molar-refractivity contribution in [2.75, 3.05) is 19.9 Å². The summed E-state index contributed by atoms with van der Waals surface area (Å²) < 4.78 is 56.0. The predicted molar refractivity (Wildman–Crippen MR) is 107 cm³/mol. The van der Waals surface area contributed by atoms with Gasteiger partial charge < -0.3 is 18.9 Å². The average molecular weight is 444 g/mol. The van der Waals surface area contributed by atoms with E-state index in [4.69, 9.17) is 14.0 Å². The van der Waals surface area contributed by atoms with Gasteiger partial charge in [0, 0.05) is 24.7 Å². The summed E-state index contributed by atoms with van der Waals surface area (Å²) in [5, 5.41) is 3.90. The third kappa shape index (κ3) is 3.79. The first-order chi connectivity index (χ1) is 15.4. The first-order valence-corrected chi connectivity index (χ1v) is 10.2. The summed E-state index contributed by atoms with van der Waals surface area (Å²) in [6.45, 7) is 0.853. The van der Waals surface area contributed by atoms with Gasteiger partial charge in [0.05, 0.1) is 5.56 Å². The molecular formula is C23H19F3N2O4. The van der Waals surface area contributed by atoms with Gasteiger partial charge in [0.15, 0.2) is 23.0 Å². The fraction of sp³-hybridized carbons (Fsp3) is 0.304. The summed E-state index contributed by atoms with van der Waals surface area (Å²) in [4.78, 5) is 14.5. The van der Waals surface area contributed by atoms with E-state index in [1.165, 1.54) is 12.1 Å². The smallest absolute Gasteiger partial charge is 0.416 e. The summed E-state index contributed by atoms with van der Waals surface area (Å²) >= 11 is 0. The van der Waals surface area contributed by atoms with Gasteiger partial charge in [-0.1, -0.05) is 23.4 Å². The van der Waals surface area contributed by atoms with Crippen molar-refractivity contribution < 1.29 is 32.0 Å². The number of likely N-dealkylation sites (tertiary alicyclic amines) is 1. The Hall–Kier alpha value is -3.49. The third-order valence-corrected chi connectivity index (χ3v) is 5.87. The van der Waals surface area contributed by atoms with Crippen molar-refractivity contribution in [3.63, 3.8) is 0 Å². The molecule has 9 heteroatoms. The van der Waals surface area contributed by atoms with Crippen molar-refractivity contribution >= 4 is 5.91 Å². The van der Waals surface area contributed by atoms with Crippen molar-refractivity contribution in [1.82, 2.24) is 10.1 Å². The quantitative estimate of drug-likeness (QED) is 0.562. The second kappa shape index (κ2) is 7.89. The largest absolute Gasteiger partial charge is 0.454 e. The van der Waals surface area contributed by atoms with Crippen LogP contribution in [0.15, 0.2) is 53.1 Å². The molecule has 1 saturated heterocycles. The van der Waals surface area contributed by atoms with Crippen molar-refractivity contribution in [3.05, 3.63) is 65.4 Å². The Balaban J connectivity index is 1.27. The van der Waals surface area contributed by atoms with E-state index in [1.807, 2.05) is 0 Å². The molecule has 3 heterocycles. The van der Waals surface area contributed by atoms with E-state index in [-0.39, 0.29) is 24.3 Å². The number of fused-ring (bicyclic) bond motifs is 1. The number of carbonyl (C=O) groups excluding carboxylic acids is 1. The van der Waals surface area contributed by atoms with Crippen LogP contribution in [0.4, 0.5) is 13.2 Å². The molecule has 0 aliphatic carbocycles. The van der Waals surface area contributed by atoms with Gasteiger partial charge in [-0.25, -0.2) is 0 Å². The van der Waals surface area contributed by atoms with E-state index in [0.29, 0.717) is 54.3 Å². The lowest BCUT2D eigenvalue weighted by Crippen LogP contribution is -2.38. The first kappa shape index (κ1) is 20.4. The molecule has 0 spiro atoms. The van der Waals surface area contributed by atoms with Crippen molar-refractivity contribution in [2.24, 2.45) is 0 Å². The minimum atomic E-state index is -4.39. The molecule has 0 saturated carbocycles. The molecule has 1 aromatic heterocycles. The number of rotatable bonds is 3. The molecule has 3 aromatic rings. The Morgan fingerprint density at radius 3 is 2.53 bits per heavy atom. The molecule has 0 atom stereocenters. The SMILES string of the molecule is O=C(c1cc(-c2ccc3c(c2)OCO3)on1)N1CCC(c2ccccc2C(F)(F)F)CC1. The molecule has 0 unspecified atom stereocenters. The number of ether oxygens (including phenoxy) is 2. The lowest BCUT2D eigenvalue weighted by Gasteiger charge is -2.32. The highest BCUT2D eigenvalue weighted by molar-refractivity contribution is 5.93. The van der Waals surface area contributed by atoms with Crippen molar-refractivity contribution in [1.29, 1.82) is 0 Å². The maximum atomic E-state index is 13.3. The Labute approximate surface area is 181 Å². The highest BCUT2D eigenvalue weighted by atomic mass is 19.4. The zero-order chi connectivity index (χ0) is 22.3. The number of piperidine rings is 1. The van der Waals surface area contributed by atoms with Crippen LogP contribution in [0.3, 0.4) is 0 Å². The maximum absolute atomic E-state index is 13.3. The van der Waals surface area contributed by atoms with Gasteiger partial charge in [-0.3, -0.25) is 4.79 Å². The van der Waals surface area contributed by atoms with Crippen LogP contribution in [0.5, 0.6) is 11.5 Å². The molecule has 0 radical (unpaired) electrons. The Kier molecular flexibility index (Phi) is 5.03. The Bertz CT molecular complexity index is 1150. The number of alkyl halides is 3. The highest BCUT2D eigenvalue weighted by Gasteiger charge is 2.36. The number of carbonyl (C=O) groups is 1. The van der Waals surface area contributed by atoms with Gasteiger partial charge in [0.25, 0.3) is 5.91 Å². The Morgan fingerprint density at radius 2 is 1.75 bits per heavy atom. The third-order valence-electron chi connectivity index (χ3n) is 5.87. The molecule has 1 fully saturated rings. The minimum Gasteiger partial charge on any atom is -0.454 e. The van der Waals surface area contributed by atoms with Gasteiger partial charge in [-0.15, -0.1) is 0 Å². The molecule has 2 aromatic carbocycles. The molecule has 166 valence electrons. The molecule has 0 bridgehead atoms. The van der Waals surface area contributed by atoms with E-state index in [0.717, 1.165) is 6.07 Å². The highest BCUT2D eigenvalue weighted by Crippen LogP contribution is 2.39. The van der Waals surface area contributed by atoms with Crippen LogP contribution >= 0.6 is 0 Å². The lowest BCUT2D eigenvalue weighted by atomic mass is 9.86. The summed E-state index contributed by atoms with van der Waals surface area (Å²) in [6, 6.07) is 12.5. The van der Waals surface area contributed by atoms with Crippen LogP contribution in [0.1, 0.15) is 40.4 Å². The number of amides is 1. The summed E-state index contributed by atoms with van der Waals surface area (Å²) in [6.07, 6.45) is -3.49. The molecule has 1 amide bonds. The fourth-order valence-electron chi connectivity index (χ4n) is 4.23. The van der Waals surface area contributed by atoms with E-state index in [9.17, 15) is 18.0 Å². The monoisotopic (exact) mass is 444 g/mol. The number of nitrogens with zero attached hydrogens (tertiary/aromatic N) is 2. The molecule has 2 aliphatic heterocycles. The van der Waals surface area contributed by atoms with Crippen LogP contribution in [0.25, 0.3) is 11.3 Å². The van der Waals surface area contributed by atoms with Crippen LogP contribution < -0.4 is 9.47 Å². The normalized spacial score (nSPS) is 16.4. The summed E-state index contributed by atoms with van der Waals surface area (Å²) in [5.74, 6) is 1.09. The average Bonchev–Trinajstić information content (AvgIpc) is 3.47. The number of benzene rings is 2. The van der Waals surface area contributed by atoms with E-state index in [1.54, 1.807) is 35.2 Å². The summed E-state index contributed by atoms with van der Waals surface area (Å²) in [5.41, 5.74) is 0.545. The standard InChI is InChI=1S/C23H19F3N2O4/c24-23(25,26)17-4-2-1-3-16(17)14-7-9-28(10-8-14)22(29)18-12-20(32-27-18)15-5-6-19-21(11-15)31-13-30-19/h1-6,11-12,14H,7-10,13H2. The molecule has 32 heavy (non-hydrogen) atoms. The molecule has 6 nitrogen and oxygen atoms in total. The van der Waals surface area contributed by atoms with Crippen LogP contribution in [0, 0.1) is 0 Å². The molecular weight excluding hydrogens is 425 g/mol. The van der Waals surface area contributed by atoms with Crippen LogP contribution in [-0.4, -0.2) is 35.8 Å². The second-order valence-corrected chi connectivity index (χ2v) is 7.80. The minimum absolute atomic E-state index is 0.155. The maximum Gasteiger partial charge on any atom is 0.416 e. The van der Waals surface area contributed by atoms with Crippen molar-refractivity contribution in [2.45, 2.75) is 24.9 Å². The van der Waals surface area contributed by atoms with E-state index >= 15 is 0 Å².